The van der Waals surface area contributed by atoms with E-state index in [0.717, 1.165) is 7.05 Å². The number of aryl methyl sites for hydroxylation is 3. The highest BCUT2D eigenvalue weighted by atomic mass is 79.9. The Bertz CT molecular complexity index is 550. The van der Waals surface area contributed by atoms with Crippen LogP contribution in [0.4, 0.5) is 13.2 Å². The topological polar surface area (TPSA) is 43.1 Å². The largest absolute Gasteiger partial charge is 0.386 e. The zero-order valence-corrected chi connectivity index (χ0v) is 17.6. The van der Waals surface area contributed by atoms with Gasteiger partial charge in [-0.05, 0) is 26.6 Å². The Labute approximate surface area is 169 Å². The van der Waals surface area contributed by atoms with Crippen molar-refractivity contribution in [3.05, 3.63) is 81.4 Å². The first-order valence-corrected chi connectivity index (χ1v) is 9.08. The van der Waals surface area contributed by atoms with Crippen molar-refractivity contribution in [2.45, 2.75) is 41.3 Å². The fourth-order valence-electron chi connectivity index (χ4n) is 1.34. The van der Waals surface area contributed by atoms with Crippen LogP contribution in [0.5, 0.6) is 0 Å². The van der Waals surface area contributed by atoms with Gasteiger partial charge in [0, 0.05) is 11.8 Å². The Kier molecular flexibility index (Phi) is 24.8. The molecule has 0 aliphatic rings. The van der Waals surface area contributed by atoms with Crippen molar-refractivity contribution in [3.8, 4) is 0 Å². The molecule has 2 rings (SSSR count). The van der Waals surface area contributed by atoms with Crippen molar-refractivity contribution in [1.29, 1.82) is 0 Å². The Hall–Kier alpha value is -1.89. The maximum Gasteiger partial charge on any atom is 0.386 e. The van der Waals surface area contributed by atoms with Crippen LogP contribution in [0.25, 0.3) is 0 Å². The summed E-state index contributed by atoms with van der Waals surface area (Å²) in [6.45, 7) is 6.48. The first kappa shape index (κ1) is 32.8. The van der Waals surface area contributed by atoms with Crippen molar-refractivity contribution in [3.63, 3.8) is 0 Å². The minimum absolute atomic E-state index is 0. The molecule has 0 saturated carbocycles. The second kappa shape index (κ2) is 20.4. The fourth-order valence-corrected chi connectivity index (χ4v) is 1.34. The van der Waals surface area contributed by atoms with Gasteiger partial charge in [0.05, 0.1) is 0 Å². The number of hydrogen-bond acceptors (Lipinski definition) is 2. The minimum Gasteiger partial charge on any atom is -0.265 e. The lowest BCUT2D eigenvalue weighted by atomic mass is 10.2. The summed E-state index contributed by atoms with van der Waals surface area (Å²) in [5, 5.41) is 8.81. The predicted molar refractivity (Wildman–Crippen MR) is 113 cm³/mol. The lowest BCUT2D eigenvalue weighted by Crippen LogP contribution is -1.95. The molecule has 0 amide bonds. The summed E-state index contributed by atoms with van der Waals surface area (Å²) in [5.74, 6) is 1.81. The fraction of sp³-hybridized carbons (Fsp3) is 0.400. The molecule has 0 aromatic heterocycles. The number of benzene rings is 2. The van der Waals surface area contributed by atoms with Crippen molar-refractivity contribution >= 4 is 15.9 Å². The van der Waals surface area contributed by atoms with Gasteiger partial charge in [-0.25, -0.2) is 0 Å². The molecule has 0 N–H and O–H groups in total. The molecule has 156 valence electrons. The lowest BCUT2D eigenvalue weighted by Gasteiger charge is -1.90. The van der Waals surface area contributed by atoms with E-state index in [2.05, 4.69) is 73.1 Å². The van der Waals surface area contributed by atoms with Crippen molar-refractivity contribution in [2.24, 2.45) is 0 Å². The van der Waals surface area contributed by atoms with Gasteiger partial charge in [0.25, 0.3) is 0 Å². The Balaban J connectivity index is -0.000000129. The summed E-state index contributed by atoms with van der Waals surface area (Å²) in [6, 6.07) is 18.7. The van der Waals surface area contributed by atoms with Crippen LogP contribution >= 0.6 is 15.9 Å². The molecule has 2 aromatic carbocycles. The first-order chi connectivity index (χ1) is 11.9. The molecular formula is C20H31BrF3NO2. The van der Waals surface area contributed by atoms with E-state index in [4.69, 9.17) is 10.1 Å². The number of nitro groups is 1. The van der Waals surface area contributed by atoms with Gasteiger partial charge in [0.1, 0.15) is 0 Å². The van der Waals surface area contributed by atoms with Crippen LogP contribution in [0.15, 0.2) is 54.6 Å². The van der Waals surface area contributed by atoms with Gasteiger partial charge in [0.15, 0.2) is 7.05 Å². The van der Waals surface area contributed by atoms with Crippen LogP contribution in [0.1, 0.15) is 31.0 Å². The molecule has 7 heteroatoms. The number of hydrogen-bond donors (Lipinski definition) is 0. The number of halogens is 4. The molecule has 3 nitrogen and oxygen atoms in total. The van der Waals surface area contributed by atoms with Crippen LogP contribution in [-0.4, -0.2) is 24.0 Å². The normalized spacial score (nSPS) is 8.37. The third kappa shape index (κ3) is 45.4. The van der Waals surface area contributed by atoms with Crippen LogP contribution in [0, 0.1) is 30.9 Å². The highest BCUT2D eigenvalue weighted by Crippen LogP contribution is 2.10. The smallest absolute Gasteiger partial charge is 0.265 e. The summed E-state index contributed by atoms with van der Waals surface area (Å²) in [5.41, 5.74) is 4.00. The van der Waals surface area contributed by atoms with E-state index in [1.54, 1.807) is 0 Å². The summed E-state index contributed by atoms with van der Waals surface area (Å²) in [6.07, 6.45) is -4.00. The molecule has 0 heterocycles. The van der Waals surface area contributed by atoms with Crippen molar-refractivity contribution in [1.82, 2.24) is 0 Å². The maximum absolute atomic E-state index is 10.4. The summed E-state index contributed by atoms with van der Waals surface area (Å²) >= 11 is 2.94. The zero-order chi connectivity index (χ0) is 21.2. The molecule has 0 saturated heterocycles. The summed E-state index contributed by atoms with van der Waals surface area (Å²) in [4.78, 5) is 8.31. The Morgan fingerprint density at radius 2 is 1.11 bits per heavy atom. The first-order valence-electron chi connectivity index (χ1n) is 7.49. The van der Waals surface area contributed by atoms with Gasteiger partial charge in [0.2, 0.25) is 0 Å². The van der Waals surface area contributed by atoms with Gasteiger partial charge in [-0.2, -0.15) is 13.2 Å². The third-order valence-electron chi connectivity index (χ3n) is 2.11. The van der Waals surface area contributed by atoms with E-state index in [1.807, 2.05) is 24.0 Å². The van der Waals surface area contributed by atoms with Crippen LogP contribution in [-0.2, 0) is 0 Å². The molecule has 0 atom stereocenters. The SMILES string of the molecule is C.CBr.CC(F)(F)F.C[N+](=O)[O-].Cc1cccc(C)c1.Cc1ccccc1. The Morgan fingerprint density at radius 3 is 1.26 bits per heavy atom. The number of nitrogens with zero attached hydrogens (tertiary/aromatic N) is 1. The van der Waals surface area contributed by atoms with Crippen molar-refractivity contribution in [2.75, 3.05) is 12.9 Å². The van der Waals surface area contributed by atoms with Gasteiger partial charge < -0.3 is 0 Å². The number of rotatable bonds is 0. The summed E-state index contributed by atoms with van der Waals surface area (Å²) in [7, 11) is 0.889. The molecule has 0 fully saturated rings. The average Bonchev–Trinajstić information content (AvgIpc) is 2.48. The molecule has 2 aromatic rings. The van der Waals surface area contributed by atoms with E-state index < -0.39 is 11.1 Å². The number of alkyl halides is 4. The highest BCUT2D eigenvalue weighted by Gasteiger charge is 2.15. The molecular weight excluding hydrogens is 423 g/mol. The average molecular weight is 454 g/mol. The van der Waals surface area contributed by atoms with E-state index in [0.29, 0.717) is 0 Å². The lowest BCUT2D eigenvalue weighted by molar-refractivity contribution is -0.445. The zero-order valence-electron chi connectivity index (χ0n) is 16.0. The second-order valence-electron chi connectivity index (χ2n) is 5.03. The molecule has 0 aliphatic carbocycles. The standard InChI is InChI=1S/C8H10.C7H8.C2H3F3.CH3Br.CH3NO2.CH4/c1-7-4-3-5-8(2)6-7;1-7-5-3-2-4-6-7;1-2(3,4)5;1-2;1-2(3)4;/h3-6H,1-2H3;2-6H,1H3;1H3;1H3;1H3;1H4. The van der Waals surface area contributed by atoms with E-state index in [-0.39, 0.29) is 14.4 Å². The molecule has 27 heavy (non-hydrogen) atoms. The van der Waals surface area contributed by atoms with Crippen LogP contribution in [0.3, 0.4) is 0 Å². The van der Waals surface area contributed by atoms with Crippen LogP contribution < -0.4 is 0 Å². The highest BCUT2D eigenvalue weighted by molar-refractivity contribution is 9.08. The molecule has 0 radical (unpaired) electrons. The van der Waals surface area contributed by atoms with Gasteiger partial charge in [-0.3, -0.25) is 10.1 Å². The molecule has 0 spiro atoms. The Morgan fingerprint density at radius 1 is 0.852 bits per heavy atom. The predicted octanol–water partition coefficient (Wildman–Crippen LogP) is 7.41. The molecule has 0 aliphatic heterocycles. The second-order valence-corrected chi connectivity index (χ2v) is 5.03. The minimum atomic E-state index is -4.00. The summed E-state index contributed by atoms with van der Waals surface area (Å²) < 4.78 is 31.1. The van der Waals surface area contributed by atoms with Crippen LogP contribution in [0.2, 0.25) is 0 Å². The monoisotopic (exact) mass is 453 g/mol. The van der Waals surface area contributed by atoms with Gasteiger partial charge in [-0.1, -0.05) is 94.6 Å². The third-order valence-corrected chi connectivity index (χ3v) is 2.11. The molecule has 0 unspecified atom stereocenters. The van der Waals surface area contributed by atoms with E-state index in [1.165, 1.54) is 16.7 Å². The van der Waals surface area contributed by atoms with Gasteiger partial charge in [-0.15, -0.1) is 0 Å². The van der Waals surface area contributed by atoms with Crippen molar-refractivity contribution < 1.29 is 18.1 Å². The molecule has 0 bridgehead atoms. The quantitative estimate of drug-likeness (QED) is 0.236. The van der Waals surface area contributed by atoms with Gasteiger partial charge >= 0.3 is 6.18 Å². The van der Waals surface area contributed by atoms with E-state index >= 15 is 0 Å². The van der Waals surface area contributed by atoms with E-state index in [9.17, 15) is 13.2 Å². The maximum atomic E-state index is 10.4.